The monoisotopic (exact) mass is 548 g/mol. The van der Waals surface area contributed by atoms with Crippen LogP contribution in [0.3, 0.4) is 0 Å². The first-order valence-electron chi connectivity index (χ1n) is 13.0. The number of rotatable bonds is 14. The summed E-state index contributed by atoms with van der Waals surface area (Å²) >= 11 is 1.51. The van der Waals surface area contributed by atoms with Gasteiger partial charge in [0.05, 0.1) is 0 Å². The molecule has 2 N–H and O–H groups in total. The van der Waals surface area contributed by atoms with Gasteiger partial charge in [-0.15, -0.1) is 0 Å². The van der Waals surface area contributed by atoms with Gasteiger partial charge < -0.3 is 20.1 Å². The van der Waals surface area contributed by atoms with Crippen molar-refractivity contribution >= 4 is 29.7 Å². The van der Waals surface area contributed by atoms with Crippen LogP contribution in [-0.4, -0.2) is 35.8 Å². The van der Waals surface area contributed by atoms with Gasteiger partial charge >= 0.3 is 12.1 Å². The van der Waals surface area contributed by atoms with Crippen molar-refractivity contribution in [1.82, 2.24) is 10.6 Å². The van der Waals surface area contributed by atoms with Crippen molar-refractivity contribution < 1.29 is 23.9 Å². The molecule has 39 heavy (non-hydrogen) atoms. The Morgan fingerprint density at radius 1 is 0.692 bits per heavy atom. The molecule has 3 rings (SSSR count). The van der Waals surface area contributed by atoms with Crippen molar-refractivity contribution in [3.63, 3.8) is 0 Å². The van der Waals surface area contributed by atoms with Crippen LogP contribution in [-0.2, 0) is 38.0 Å². The molecule has 0 aromatic heterocycles. The first-order valence-corrected chi connectivity index (χ1v) is 14.2. The summed E-state index contributed by atoms with van der Waals surface area (Å²) in [7, 11) is 0. The lowest BCUT2D eigenvalue weighted by Crippen LogP contribution is -2.53. The van der Waals surface area contributed by atoms with E-state index in [2.05, 4.69) is 10.6 Å². The second-order valence-electron chi connectivity index (χ2n) is 9.54. The number of alkyl carbamates (subject to hydrolysis) is 1. The summed E-state index contributed by atoms with van der Waals surface area (Å²) in [5.74, 6) is 0.126. The average molecular weight is 549 g/mol. The average Bonchev–Trinajstić information content (AvgIpc) is 2.95. The first-order chi connectivity index (χ1) is 18.9. The highest BCUT2D eigenvalue weighted by molar-refractivity contribution is 7.98. The minimum Gasteiger partial charge on any atom is -0.459 e. The molecule has 0 radical (unpaired) electrons. The molecule has 0 spiro atoms. The molecule has 0 unspecified atom stereocenters. The number of hydrogen-bond acceptors (Lipinski definition) is 6. The van der Waals surface area contributed by atoms with E-state index in [0.717, 1.165) is 16.7 Å². The summed E-state index contributed by atoms with van der Waals surface area (Å²) in [4.78, 5) is 38.9. The predicted molar refractivity (Wildman–Crippen MR) is 154 cm³/mol. The maximum atomic E-state index is 13.4. The largest absolute Gasteiger partial charge is 0.459 e. The fourth-order valence-corrected chi connectivity index (χ4v) is 4.76. The zero-order valence-corrected chi connectivity index (χ0v) is 23.2. The summed E-state index contributed by atoms with van der Waals surface area (Å²) in [6, 6.07) is 26.8. The van der Waals surface area contributed by atoms with Crippen molar-refractivity contribution in [2.24, 2.45) is 5.92 Å². The fraction of sp³-hybridized carbons (Fsp3) is 0.323. The van der Waals surface area contributed by atoms with Crippen LogP contribution < -0.4 is 10.6 Å². The van der Waals surface area contributed by atoms with E-state index in [1.165, 1.54) is 11.8 Å². The minimum atomic E-state index is -0.904. The van der Waals surface area contributed by atoms with Gasteiger partial charge in [-0.3, -0.25) is 4.79 Å². The van der Waals surface area contributed by atoms with Crippen LogP contribution >= 0.6 is 11.8 Å². The highest BCUT2D eigenvalue weighted by Crippen LogP contribution is 2.15. The number of ether oxygens (including phenoxy) is 2. The molecule has 206 valence electrons. The number of carbonyl (C=O) groups is 3. The van der Waals surface area contributed by atoms with E-state index in [1.54, 1.807) is 0 Å². The third-order valence-corrected chi connectivity index (χ3v) is 6.86. The third kappa shape index (κ3) is 11.2. The Bertz CT molecular complexity index is 1160. The number of esters is 1. The van der Waals surface area contributed by atoms with Crippen LogP contribution in [0.5, 0.6) is 0 Å². The van der Waals surface area contributed by atoms with Crippen LogP contribution in [0.4, 0.5) is 4.79 Å². The molecule has 0 saturated carbocycles. The highest BCUT2D eigenvalue weighted by Gasteiger charge is 2.29. The van der Waals surface area contributed by atoms with Crippen molar-refractivity contribution in [3.05, 3.63) is 108 Å². The molecule has 0 bridgehead atoms. The van der Waals surface area contributed by atoms with E-state index in [4.69, 9.17) is 9.47 Å². The molecule has 0 heterocycles. The number of benzene rings is 3. The second-order valence-corrected chi connectivity index (χ2v) is 10.6. The molecule has 7 nitrogen and oxygen atoms in total. The van der Waals surface area contributed by atoms with Crippen molar-refractivity contribution in [2.45, 2.75) is 51.3 Å². The van der Waals surface area contributed by atoms with Gasteiger partial charge in [0.1, 0.15) is 25.3 Å². The van der Waals surface area contributed by atoms with Crippen LogP contribution in [0, 0.1) is 5.92 Å². The zero-order valence-electron chi connectivity index (χ0n) is 22.4. The number of nitrogens with one attached hydrogen (secondary N) is 2. The lowest BCUT2D eigenvalue weighted by Gasteiger charge is -2.23. The van der Waals surface area contributed by atoms with Crippen LogP contribution in [0.1, 0.15) is 37.0 Å². The number of carbonyl (C=O) groups excluding carboxylic acids is 3. The van der Waals surface area contributed by atoms with Gasteiger partial charge in [0, 0.05) is 11.5 Å². The van der Waals surface area contributed by atoms with E-state index >= 15 is 0 Å². The molecule has 2 atom stereocenters. The van der Waals surface area contributed by atoms with Gasteiger partial charge in [-0.25, -0.2) is 9.59 Å². The lowest BCUT2D eigenvalue weighted by atomic mass is 10.0. The Balaban J connectivity index is 1.63. The summed E-state index contributed by atoms with van der Waals surface area (Å²) in [5, 5.41) is 5.50. The van der Waals surface area contributed by atoms with E-state index in [0.29, 0.717) is 17.9 Å². The third-order valence-electron chi connectivity index (χ3n) is 5.75. The number of thioether (sulfide) groups is 1. The molecule has 0 aliphatic carbocycles. The quantitative estimate of drug-likeness (QED) is 0.259. The van der Waals surface area contributed by atoms with Crippen LogP contribution in [0.25, 0.3) is 0 Å². The van der Waals surface area contributed by atoms with Gasteiger partial charge in [-0.05, 0) is 29.0 Å². The maximum Gasteiger partial charge on any atom is 0.408 e. The Morgan fingerprint density at radius 3 is 1.74 bits per heavy atom. The summed E-state index contributed by atoms with van der Waals surface area (Å²) in [6.07, 6.45) is -0.298. The van der Waals surface area contributed by atoms with Crippen LogP contribution in [0.15, 0.2) is 91.0 Å². The van der Waals surface area contributed by atoms with Gasteiger partial charge in [0.15, 0.2) is 0 Å². The molecule has 3 aromatic carbocycles. The molecule has 0 aliphatic heterocycles. The first kappa shape index (κ1) is 29.8. The van der Waals surface area contributed by atoms with E-state index in [9.17, 15) is 14.4 Å². The fourth-order valence-electron chi connectivity index (χ4n) is 3.75. The molecular formula is C31H36N2O5S. The minimum absolute atomic E-state index is 0.0833. The standard InChI is InChI=1S/C31H36N2O5S/c1-23(2)18-27(30(35)37-19-24-12-6-3-7-13-24)32-29(34)28(22-39-21-26-16-10-5-11-17-26)33-31(36)38-20-25-14-8-4-9-15-25/h3-17,23,27-28H,18-22H2,1-2H3,(H,32,34)(H,33,36)/t27-,28-/m1/s1. The topological polar surface area (TPSA) is 93.7 Å². The van der Waals surface area contributed by atoms with E-state index in [-0.39, 0.29) is 19.1 Å². The van der Waals surface area contributed by atoms with Gasteiger partial charge in [-0.2, -0.15) is 11.8 Å². The lowest BCUT2D eigenvalue weighted by molar-refractivity contribution is -0.149. The molecule has 0 fully saturated rings. The van der Waals surface area contributed by atoms with E-state index < -0.39 is 30.1 Å². The Morgan fingerprint density at radius 2 is 1.21 bits per heavy atom. The number of amides is 2. The summed E-state index contributed by atoms with van der Waals surface area (Å²) in [6.45, 7) is 4.14. The molecule has 2 amide bonds. The summed E-state index contributed by atoms with van der Waals surface area (Å²) in [5.41, 5.74) is 2.80. The van der Waals surface area contributed by atoms with Crippen molar-refractivity contribution in [3.8, 4) is 0 Å². The Hall–Kier alpha value is -3.78. The SMILES string of the molecule is CC(C)C[C@@H](NC(=O)[C@@H](CSCc1ccccc1)NC(=O)OCc1ccccc1)C(=O)OCc1ccccc1. The molecule has 0 aliphatic rings. The summed E-state index contributed by atoms with van der Waals surface area (Å²) < 4.78 is 10.9. The number of hydrogen-bond donors (Lipinski definition) is 2. The molecule has 3 aromatic rings. The molecular weight excluding hydrogens is 512 g/mol. The van der Waals surface area contributed by atoms with E-state index in [1.807, 2.05) is 105 Å². The smallest absolute Gasteiger partial charge is 0.408 e. The van der Waals surface area contributed by atoms with Gasteiger partial charge in [-0.1, -0.05) is 105 Å². The van der Waals surface area contributed by atoms with Gasteiger partial charge in [0.2, 0.25) is 5.91 Å². The maximum absolute atomic E-state index is 13.4. The predicted octanol–water partition coefficient (Wildman–Crippen LogP) is 5.49. The van der Waals surface area contributed by atoms with Crippen molar-refractivity contribution in [1.29, 1.82) is 0 Å². The zero-order chi connectivity index (χ0) is 27.9. The molecule has 0 saturated heterocycles. The highest BCUT2D eigenvalue weighted by atomic mass is 32.2. The second kappa shape index (κ2) is 16.2. The van der Waals surface area contributed by atoms with Gasteiger partial charge in [0.25, 0.3) is 0 Å². The Labute approximate surface area is 234 Å². The van der Waals surface area contributed by atoms with Crippen LogP contribution in [0.2, 0.25) is 0 Å². The Kier molecular flexibility index (Phi) is 12.4. The molecule has 8 heteroatoms. The normalized spacial score (nSPS) is 12.3. The van der Waals surface area contributed by atoms with Crippen molar-refractivity contribution in [2.75, 3.05) is 5.75 Å².